The summed E-state index contributed by atoms with van der Waals surface area (Å²) in [5, 5.41) is 3.76. The molecule has 6 heteroatoms. The number of aliphatic imine (C=N–C) groups is 1. The first-order chi connectivity index (χ1) is 9.16. The third-order valence-corrected chi connectivity index (χ3v) is 4.19. The summed E-state index contributed by atoms with van der Waals surface area (Å²) in [6, 6.07) is 7.67. The lowest BCUT2D eigenvalue weighted by Gasteiger charge is -2.25. The first kappa shape index (κ1) is 12.4. The van der Waals surface area contributed by atoms with E-state index in [-0.39, 0.29) is 6.04 Å². The van der Waals surface area contributed by atoms with Crippen molar-refractivity contribution in [2.24, 2.45) is 10.7 Å². The second-order valence-corrected chi connectivity index (χ2v) is 5.80. The summed E-state index contributed by atoms with van der Waals surface area (Å²) in [5.41, 5.74) is 7.87. The molecule has 1 atom stereocenters. The number of aryl methyl sites for hydroxylation is 1. The number of nitrogens with two attached hydrogens (primary N) is 1. The first-order valence-corrected chi connectivity index (χ1v) is 7.18. The van der Waals surface area contributed by atoms with Crippen molar-refractivity contribution in [3.05, 3.63) is 45.4 Å². The van der Waals surface area contributed by atoms with Crippen molar-refractivity contribution in [2.75, 3.05) is 11.4 Å². The fourth-order valence-electron chi connectivity index (χ4n) is 2.19. The predicted molar refractivity (Wildman–Crippen MR) is 80.0 cm³/mol. The van der Waals surface area contributed by atoms with Gasteiger partial charge in [0, 0.05) is 5.38 Å². The molecule has 98 valence electrons. The van der Waals surface area contributed by atoms with Gasteiger partial charge in [-0.05, 0) is 19.1 Å². The van der Waals surface area contributed by atoms with Gasteiger partial charge in [0.1, 0.15) is 0 Å². The number of anilines is 1. The topological polar surface area (TPSA) is 54.5 Å². The Morgan fingerprint density at radius 1 is 1.42 bits per heavy atom. The van der Waals surface area contributed by atoms with Crippen LogP contribution in [-0.2, 0) is 0 Å². The molecule has 0 amide bonds. The SMILES string of the molecule is Cc1nc(C2CN=C(N)N2c2ccccc2Cl)cs1. The van der Waals surface area contributed by atoms with Crippen LogP contribution in [0.5, 0.6) is 0 Å². The van der Waals surface area contributed by atoms with Crippen LogP contribution in [0.15, 0.2) is 34.6 Å². The fourth-order valence-corrected chi connectivity index (χ4v) is 3.08. The van der Waals surface area contributed by atoms with E-state index >= 15 is 0 Å². The highest BCUT2D eigenvalue weighted by Crippen LogP contribution is 2.35. The Morgan fingerprint density at radius 2 is 2.21 bits per heavy atom. The van der Waals surface area contributed by atoms with Crippen LogP contribution >= 0.6 is 22.9 Å². The van der Waals surface area contributed by atoms with Gasteiger partial charge in [-0.25, -0.2) is 4.98 Å². The quantitative estimate of drug-likeness (QED) is 0.926. The van der Waals surface area contributed by atoms with Crippen LogP contribution in [0.4, 0.5) is 5.69 Å². The maximum Gasteiger partial charge on any atom is 0.196 e. The van der Waals surface area contributed by atoms with Crippen molar-refractivity contribution in [1.82, 2.24) is 4.98 Å². The van der Waals surface area contributed by atoms with Crippen LogP contribution < -0.4 is 10.6 Å². The third-order valence-electron chi connectivity index (χ3n) is 3.07. The molecule has 0 radical (unpaired) electrons. The van der Waals surface area contributed by atoms with E-state index in [1.807, 2.05) is 36.1 Å². The van der Waals surface area contributed by atoms with Gasteiger partial charge in [-0.3, -0.25) is 4.99 Å². The molecule has 1 aliphatic rings. The zero-order chi connectivity index (χ0) is 13.4. The number of guanidine groups is 1. The van der Waals surface area contributed by atoms with Crippen LogP contribution in [0.2, 0.25) is 5.02 Å². The van der Waals surface area contributed by atoms with Gasteiger partial charge in [-0.2, -0.15) is 0 Å². The Morgan fingerprint density at radius 3 is 2.89 bits per heavy atom. The van der Waals surface area contributed by atoms with Gasteiger partial charge in [-0.1, -0.05) is 23.7 Å². The number of para-hydroxylation sites is 1. The third kappa shape index (κ3) is 2.19. The molecule has 2 aromatic rings. The molecule has 19 heavy (non-hydrogen) atoms. The molecule has 3 rings (SSSR count). The zero-order valence-corrected chi connectivity index (χ0v) is 11.9. The summed E-state index contributed by atoms with van der Waals surface area (Å²) in [5.74, 6) is 0.490. The van der Waals surface area contributed by atoms with Crippen LogP contribution in [0.1, 0.15) is 16.7 Å². The minimum atomic E-state index is 0.0323. The van der Waals surface area contributed by atoms with E-state index in [9.17, 15) is 0 Å². The minimum absolute atomic E-state index is 0.0323. The molecule has 0 fully saturated rings. The van der Waals surface area contributed by atoms with Crippen molar-refractivity contribution in [3.8, 4) is 0 Å². The Hall–Kier alpha value is -1.59. The van der Waals surface area contributed by atoms with E-state index in [0.717, 1.165) is 16.4 Å². The van der Waals surface area contributed by atoms with Gasteiger partial charge < -0.3 is 10.6 Å². The van der Waals surface area contributed by atoms with E-state index in [4.69, 9.17) is 17.3 Å². The van der Waals surface area contributed by atoms with Gasteiger partial charge in [0.15, 0.2) is 5.96 Å². The van der Waals surface area contributed by atoms with Crippen LogP contribution in [-0.4, -0.2) is 17.5 Å². The average Bonchev–Trinajstić information content (AvgIpc) is 2.96. The van der Waals surface area contributed by atoms with Crippen LogP contribution in [0.3, 0.4) is 0 Å². The summed E-state index contributed by atoms with van der Waals surface area (Å²) < 4.78 is 0. The standard InChI is InChI=1S/C13H13ClN4S/c1-8-17-10(7-19-8)12-6-16-13(15)18(12)11-5-3-2-4-9(11)14/h2-5,7,12H,6H2,1H3,(H2,15,16). The molecule has 0 aliphatic carbocycles. The van der Waals surface area contributed by atoms with E-state index in [1.165, 1.54) is 0 Å². The number of nitrogens with zero attached hydrogens (tertiary/aromatic N) is 3. The van der Waals surface area contributed by atoms with Gasteiger partial charge >= 0.3 is 0 Å². The van der Waals surface area contributed by atoms with Gasteiger partial charge in [0.2, 0.25) is 0 Å². The number of rotatable bonds is 2. The molecule has 0 saturated heterocycles. The lowest BCUT2D eigenvalue weighted by atomic mass is 10.2. The second-order valence-electron chi connectivity index (χ2n) is 4.33. The first-order valence-electron chi connectivity index (χ1n) is 5.92. The number of aromatic nitrogens is 1. The lowest BCUT2D eigenvalue weighted by Crippen LogP contribution is -2.36. The Balaban J connectivity index is 2.02. The summed E-state index contributed by atoms with van der Waals surface area (Å²) in [6.07, 6.45) is 0. The molecule has 0 spiro atoms. The molecular weight excluding hydrogens is 280 g/mol. The highest BCUT2D eigenvalue weighted by Gasteiger charge is 2.31. The van der Waals surface area contributed by atoms with Gasteiger partial charge in [0.25, 0.3) is 0 Å². The fraction of sp³-hybridized carbons (Fsp3) is 0.231. The number of thiazole rings is 1. The zero-order valence-electron chi connectivity index (χ0n) is 10.4. The molecule has 4 nitrogen and oxygen atoms in total. The molecule has 2 heterocycles. The molecule has 1 aromatic carbocycles. The molecule has 2 N–H and O–H groups in total. The van der Waals surface area contributed by atoms with Crippen LogP contribution in [0.25, 0.3) is 0 Å². The molecule has 0 saturated carbocycles. The van der Waals surface area contributed by atoms with Crippen molar-refractivity contribution >= 4 is 34.6 Å². The minimum Gasteiger partial charge on any atom is -0.369 e. The van der Waals surface area contributed by atoms with E-state index in [2.05, 4.69) is 15.4 Å². The van der Waals surface area contributed by atoms with Crippen molar-refractivity contribution in [2.45, 2.75) is 13.0 Å². The summed E-state index contributed by atoms with van der Waals surface area (Å²) in [7, 11) is 0. The number of halogens is 1. The van der Waals surface area contributed by atoms with E-state index in [0.29, 0.717) is 17.5 Å². The molecule has 1 unspecified atom stereocenters. The van der Waals surface area contributed by atoms with E-state index in [1.54, 1.807) is 11.3 Å². The molecule has 0 bridgehead atoms. The summed E-state index contributed by atoms with van der Waals surface area (Å²) in [4.78, 5) is 10.8. The van der Waals surface area contributed by atoms with Gasteiger partial charge in [-0.15, -0.1) is 11.3 Å². The Kier molecular flexibility index (Phi) is 3.16. The Labute approximate surface area is 120 Å². The Bertz CT molecular complexity index is 637. The lowest BCUT2D eigenvalue weighted by molar-refractivity contribution is 0.744. The maximum absolute atomic E-state index is 6.26. The number of hydrogen-bond donors (Lipinski definition) is 1. The predicted octanol–water partition coefficient (Wildman–Crippen LogP) is 2.98. The van der Waals surface area contributed by atoms with Crippen LogP contribution in [0, 0.1) is 6.92 Å². The van der Waals surface area contributed by atoms with Crippen molar-refractivity contribution in [3.63, 3.8) is 0 Å². The number of hydrogen-bond acceptors (Lipinski definition) is 5. The molecule has 1 aromatic heterocycles. The largest absolute Gasteiger partial charge is 0.369 e. The van der Waals surface area contributed by atoms with Crippen molar-refractivity contribution < 1.29 is 0 Å². The second kappa shape index (κ2) is 4.83. The normalized spacial score (nSPS) is 18.7. The molecule has 1 aliphatic heterocycles. The summed E-state index contributed by atoms with van der Waals surface area (Å²) >= 11 is 7.89. The average molecular weight is 293 g/mol. The van der Waals surface area contributed by atoms with E-state index < -0.39 is 0 Å². The monoisotopic (exact) mass is 292 g/mol. The van der Waals surface area contributed by atoms with Crippen molar-refractivity contribution in [1.29, 1.82) is 0 Å². The number of benzene rings is 1. The molecular formula is C13H13ClN4S. The summed E-state index contributed by atoms with van der Waals surface area (Å²) in [6.45, 7) is 2.60. The smallest absolute Gasteiger partial charge is 0.196 e. The van der Waals surface area contributed by atoms with Gasteiger partial charge in [0.05, 0.1) is 34.0 Å². The highest BCUT2D eigenvalue weighted by molar-refractivity contribution is 7.09. The highest BCUT2D eigenvalue weighted by atomic mass is 35.5. The maximum atomic E-state index is 6.26.